The highest BCUT2D eigenvalue weighted by Gasteiger charge is 2.31. The SMILES string of the molecule is NCC(O)CN1C=C2C=C(c3ccc(S(=O)(=O)NC4CCNCC4)cc3)NC2NC1=O. The number of β-amino-alcohol motifs (C(OH)–C–C–N with tert-alkyl or cyclic N) is 1. The van der Waals surface area contributed by atoms with Crippen LogP contribution < -0.4 is 26.4 Å². The molecule has 2 unspecified atom stereocenters. The zero-order valence-electron chi connectivity index (χ0n) is 17.0. The minimum absolute atomic E-state index is 0.0514. The Morgan fingerprint density at radius 1 is 1.19 bits per heavy atom. The number of urea groups is 1. The van der Waals surface area contributed by atoms with Gasteiger partial charge < -0.3 is 26.8 Å². The molecule has 2 amide bonds. The molecule has 3 aliphatic rings. The molecule has 0 bridgehead atoms. The molecule has 0 spiro atoms. The fraction of sp³-hybridized carbons (Fsp3) is 0.450. The molecule has 11 heteroatoms. The summed E-state index contributed by atoms with van der Waals surface area (Å²) >= 11 is 0. The normalized spacial score (nSPS) is 22.8. The van der Waals surface area contributed by atoms with Crippen LogP contribution in [0.5, 0.6) is 0 Å². The third-order valence-corrected chi connectivity index (χ3v) is 7.13. The highest BCUT2D eigenvalue weighted by atomic mass is 32.2. The smallest absolute Gasteiger partial charge is 0.323 e. The molecular weight excluding hydrogens is 420 g/mol. The second-order valence-corrected chi connectivity index (χ2v) is 9.64. The lowest BCUT2D eigenvalue weighted by molar-refractivity contribution is 0.139. The number of piperidine rings is 1. The fourth-order valence-corrected chi connectivity index (χ4v) is 5.16. The van der Waals surface area contributed by atoms with Crippen LogP contribution in [0.1, 0.15) is 18.4 Å². The Labute approximate surface area is 181 Å². The molecule has 2 atom stereocenters. The number of hydrogen-bond donors (Lipinski definition) is 6. The molecule has 4 rings (SSSR count). The second kappa shape index (κ2) is 8.97. The van der Waals surface area contributed by atoms with E-state index in [1.807, 2.05) is 6.08 Å². The lowest BCUT2D eigenvalue weighted by Gasteiger charge is -2.30. The fourth-order valence-electron chi connectivity index (χ4n) is 3.85. The summed E-state index contributed by atoms with van der Waals surface area (Å²) in [5, 5.41) is 19.0. The highest BCUT2D eigenvalue weighted by Crippen LogP contribution is 2.26. The van der Waals surface area contributed by atoms with Crippen molar-refractivity contribution in [1.82, 2.24) is 25.6 Å². The largest absolute Gasteiger partial charge is 0.390 e. The topological polar surface area (TPSA) is 149 Å². The van der Waals surface area contributed by atoms with Crippen LogP contribution in [0.4, 0.5) is 4.79 Å². The first-order valence-corrected chi connectivity index (χ1v) is 11.8. The number of hydrogen-bond acceptors (Lipinski definition) is 7. The van der Waals surface area contributed by atoms with E-state index in [-0.39, 0.29) is 36.2 Å². The van der Waals surface area contributed by atoms with Crippen LogP contribution in [-0.4, -0.2) is 68.9 Å². The van der Waals surface area contributed by atoms with Crippen molar-refractivity contribution in [3.63, 3.8) is 0 Å². The molecule has 168 valence electrons. The maximum Gasteiger partial charge on any atom is 0.323 e. The third kappa shape index (κ3) is 4.91. The Kier molecular flexibility index (Phi) is 6.30. The van der Waals surface area contributed by atoms with Gasteiger partial charge in [0, 0.05) is 30.1 Å². The van der Waals surface area contributed by atoms with Crippen LogP contribution >= 0.6 is 0 Å². The van der Waals surface area contributed by atoms with Crippen LogP contribution in [0.3, 0.4) is 0 Å². The predicted octanol–water partition coefficient (Wildman–Crippen LogP) is -0.784. The van der Waals surface area contributed by atoms with Gasteiger partial charge in [0.1, 0.15) is 6.17 Å². The van der Waals surface area contributed by atoms with Gasteiger partial charge >= 0.3 is 6.03 Å². The van der Waals surface area contributed by atoms with Gasteiger partial charge in [0.15, 0.2) is 0 Å². The van der Waals surface area contributed by atoms with Crippen molar-refractivity contribution in [1.29, 1.82) is 0 Å². The van der Waals surface area contributed by atoms with E-state index < -0.39 is 16.1 Å². The molecule has 3 aliphatic heterocycles. The molecule has 1 aromatic carbocycles. The van der Waals surface area contributed by atoms with E-state index in [0.717, 1.165) is 42.8 Å². The number of benzene rings is 1. The summed E-state index contributed by atoms with van der Waals surface area (Å²) in [4.78, 5) is 13.8. The van der Waals surface area contributed by atoms with Gasteiger partial charge in [-0.2, -0.15) is 0 Å². The summed E-state index contributed by atoms with van der Waals surface area (Å²) in [7, 11) is -3.58. The number of fused-ring (bicyclic) bond motifs is 1. The molecule has 31 heavy (non-hydrogen) atoms. The van der Waals surface area contributed by atoms with Crippen molar-refractivity contribution in [2.24, 2.45) is 5.73 Å². The number of nitrogens with one attached hydrogen (secondary N) is 4. The van der Waals surface area contributed by atoms with Gasteiger partial charge in [0.2, 0.25) is 10.0 Å². The maximum atomic E-state index is 12.7. The van der Waals surface area contributed by atoms with Crippen molar-refractivity contribution < 1.29 is 18.3 Å². The molecule has 1 saturated heterocycles. The van der Waals surface area contributed by atoms with Gasteiger partial charge in [-0.15, -0.1) is 0 Å². The quantitative estimate of drug-likeness (QED) is 0.320. The van der Waals surface area contributed by atoms with E-state index in [1.165, 1.54) is 4.90 Å². The number of amides is 2. The Morgan fingerprint density at radius 2 is 1.90 bits per heavy atom. The summed E-state index contributed by atoms with van der Waals surface area (Å²) in [6, 6.07) is 6.27. The molecule has 0 aromatic heterocycles. The number of carbonyl (C=O) groups is 1. The van der Waals surface area contributed by atoms with Crippen LogP contribution in [0.25, 0.3) is 5.70 Å². The summed E-state index contributed by atoms with van der Waals surface area (Å²) < 4.78 is 28.1. The number of nitrogens with two attached hydrogens (primary N) is 1. The molecule has 10 nitrogen and oxygen atoms in total. The van der Waals surface area contributed by atoms with Gasteiger partial charge in [-0.3, -0.25) is 4.90 Å². The van der Waals surface area contributed by atoms with Crippen LogP contribution in [0.2, 0.25) is 0 Å². The molecule has 7 N–H and O–H groups in total. The Morgan fingerprint density at radius 3 is 2.58 bits per heavy atom. The molecule has 1 aromatic rings. The monoisotopic (exact) mass is 448 g/mol. The first-order valence-electron chi connectivity index (χ1n) is 10.3. The lowest BCUT2D eigenvalue weighted by atomic mass is 10.1. The first-order chi connectivity index (χ1) is 14.9. The van der Waals surface area contributed by atoms with Crippen molar-refractivity contribution in [3.8, 4) is 0 Å². The summed E-state index contributed by atoms with van der Waals surface area (Å²) in [6.07, 6.45) is 3.95. The van der Waals surface area contributed by atoms with Crippen LogP contribution in [0, 0.1) is 0 Å². The number of aliphatic hydroxyl groups is 1. The second-order valence-electron chi connectivity index (χ2n) is 7.93. The average Bonchev–Trinajstić information content (AvgIpc) is 3.17. The first kappa shape index (κ1) is 21.8. The number of nitrogens with zero attached hydrogens (tertiary/aromatic N) is 1. The zero-order chi connectivity index (χ0) is 22.0. The number of aliphatic hydroxyl groups excluding tert-OH is 1. The summed E-state index contributed by atoms with van der Waals surface area (Å²) in [6.45, 7) is 1.79. The van der Waals surface area contributed by atoms with E-state index in [1.54, 1.807) is 30.5 Å². The van der Waals surface area contributed by atoms with E-state index in [0.29, 0.717) is 0 Å². The standard InChI is InChI=1S/C20H28N6O4S/c21-10-16(27)12-26-11-14-9-18(23-19(14)24-20(26)28)13-1-3-17(4-2-13)31(29,30)25-15-5-7-22-8-6-15/h1-4,9,11,15-16,19,22-23,25,27H,5-8,10,12,21H2,(H,24,28). The van der Waals surface area contributed by atoms with Gasteiger partial charge in [-0.05, 0) is 49.7 Å². The summed E-state index contributed by atoms with van der Waals surface area (Å²) in [5.41, 5.74) is 7.84. The maximum absolute atomic E-state index is 12.7. The van der Waals surface area contributed by atoms with Crippen LogP contribution in [-0.2, 0) is 10.0 Å². The molecule has 0 aliphatic carbocycles. The molecule has 0 saturated carbocycles. The van der Waals surface area contributed by atoms with Crippen molar-refractivity contribution >= 4 is 21.8 Å². The number of carbonyl (C=O) groups excluding carboxylic acids is 1. The Hall–Kier alpha value is -2.44. The van der Waals surface area contributed by atoms with Gasteiger partial charge in [0.05, 0.1) is 17.5 Å². The van der Waals surface area contributed by atoms with E-state index in [4.69, 9.17) is 5.73 Å². The predicted molar refractivity (Wildman–Crippen MR) is 116 cm³/mol. The average molecular weight is 449 g/mol. The van der Waals surface area contributed by atoms with Crippen molar-refractivity contribution in [3.05, 3.63) is 47.7 Å². The minimum Gasteiger partial charge on any atom is -0.390 e. The van der Waals surface area contributed by atoms with E-state index in [9.17, 15) is 18.3 Å². The van der Waals surface area contributed by atoms with Crippen molar-refractivity contribution in [2.75, 3.05) is 26.2 Å². The Balaban J connectivity index is 1.46. The van der Waals surface area contributed by atoms with E-state index >= 15 is 0 Å². The van der Waals surface area contributed by atoms with E-state index in [2.05, 4.69) is 20.7 Å². The number of sulfonamides is 1. The number of rotatable bonds is 7. The molecule has 3 heterocycles. The molecule has 0 radical (unpaired) electrons. The van der Waals surface area contributed by atoms with Gasteiger partial charge in [0.25, 0.3) is 0 Å². The van der Waals surface area contributed by atoms with Crippen molar-refractivity contribution in [2.45, 2.75) is 36.0 Å². The molecular formula is C20H28N6O4S. The minimum atomic E-state index is -3.58. The van der Waals surface area contributed by atoms with Gasteiger partial charge in [-0.25, -0.2) is 17.9 Å². The van der Waals surface area contributed by atoms with Crippen LogP contribution in [0.15, 0.2) is 47.0 Å². The summed E-state index contributed by atoms with van der Waals surface area (Å²) in [5.74, 6) is 0. The third-order valence-electron chi connectivity index (χ3n) is 5.59. The molecule has 1 fully saturated rings. The van der Waals surface area contributed by atoms with Gasteiger partial charge in [-0.1, -0.05) is 12.1 Å². The lowest BCUT2D eigenvalue weighted by Crippen LogP contribution is -2.53. The Bertz CT molecular complexity index is 985. The highest BCUT2D eigenvalue weighted by molar-refractivity contribution is 7.89. The zero-order valence-corrected chi connectivity index (χ0v) is 17.9.